The van der Waals surface area contributed by atoms with Crippen LogP contribution in [0.4, 0.5) is 21.0 Å². The standard InChI is InChI=1S/C49H58N2O10/c1-5-8-9-10-11-12-13-14-37-21-29-43(30-22-37)57-33-45(35-59-47(53)7-3)61-49(55)51-41-25-19-39(20-26-41)31-38-17-23-40(24-18-38)50-48(54)60-44(34-58-46(52)6-2)32-56-42-27-15-36(4)16-28-42/h6-7,15-30,44-45H,2-3,5,8-14,31-35H2,1,4H3,(H,50,54)(H,51,55). The quantitative estimate of drug-likeness (QED) is 0.0271. The number of nitrogens with one attached hydrogen (secondary N) is 2. The third kappa shape index (κ3) is 18.9. The van der Waals surface area contributed by atoms with Gasteiger partial charge in [0.15, 0.2) is 12.2 Å². The van der Waals surface area contributed by atoms with Gasteiger partial charge in [0.2, 0.25) is 0 Å². The second-order valence-electron chi connectivity index (χ2n) is 14.5. The van der Waals surface area contributed by atoms with E-state index in [1.54, 1.807) is 36.4 Å². The van der Waals surface area contributed by atoms with Crippen LogP contribution in [0.3, 0.4) is 0 Å². The molecule has 0 bridgehead atoms. The van der Waals surface area contributed by atoms with Crippen molar-refractivity contribution in [1.82, 2.24) is 0 Å². The summed E-state index contributed by atoms with van der Waals surface area (Å²) in [6.45, 7) is 10.5. The first-order valence-corrected chi connectivity index (χ1v) is 20.7. The average molecular weight is 835 g/mol. The Labute approximate surface area is 359 Å². The van der Waals surface area contributed by atoms with E-state index >= 15 is 0 Å². The highest BCUT2D eigenvalue weighted by molar-refractivity contribution is 5.85. The maximum Gasteiger partial charge on any atom is 0.412 e. The lowest BCUT2D eigenvalue weighted by Crippen LogP contribution is -2.32. The fraction of sp³-hybridized carbons (Fsp3) is 0.347. The maximum absolute atomic E-state index is 12.9. The van der Waals surface area contributed by atoms with E-state index < -0.39 is 36.3 Å². The Balaban J connectivity index is 1.22. The molecule has 0 saturated heterocycles. The van der Waals surface area contributed by atoms with Crippen molar-refractivity contribution in [2.45, 2.75) is 83.8 Å². The summed E-state index contributed by atoms with van der Waals surface area (Å²) in [5.41, 5.74) is 5.26. The molecule has 0 radical (unpaired) electrons. The van der Waals surface area contributed by atoms with Crippen LogP contribution in [0, 0.1) is 6.92 Å². The number of benzene rings is 4. The van der Waals surface area contributed by atoms with Gasteiger partial charge in [-0.3, -0.25) is 10.6 Å². The minimum Gasteiger partial charge on any atom is -0.490 e. The molecular formula is C49H58N2O10. The van der Waals surface area contributed by atoms with Crippen LogP contribution < -0.4 is 20.1 Å². The molecule has 2 N–H and O–H groups in total. The van der Waals surface area contributed by atoms with Crippen molar-refractivity contribution in [2.75, 3.05) is 37.1 Å². The van der Waals surface area contributed by atoms with Gasteiger partial charge in [-0.15, -0.1) is 0 Å². The zero-order valence-electron chi connectivity index (χ0n) is 35.2. The summed E-state index contributed by atoms with van der Waals surface area (Å²) in [6.07, 6.45) is 9.26. The van der Waals surface area contributed by atoms with Gasteiger partial charge in [-0.2, -0.15) is 0 Å². The molecule has 2 atom stereocenters. The van der Waals surface area contributed by atoms with Crippen molar-refractivity contribution in [3.63, 3.8) is 0 Å². The average Bonchev–Trinajstić information content (AvgIpc) is 3.27. The lowest BCUT2D eigenvalue weighted by atomic mass is 10.0. The molecule has 12 heteroatoms. The van der Waals surface area contributed by atoms with Crippen LogP contribution in [-0.2, 0) is 41.4 Å². The van der Waals surface area contributed by atoms with Gasteiger partial charge in [-0.25, -0.2) is 19.2 Å². The van der Waals surface area contributed by atoms with E-state index in [1.165, 1.54) is 44.1 Å². The number of anilines is 2. The first kappa shape index (κ1) is 47.1. The topological polar surface area (TPSA) is 148 Å². The van der Waals surface area contributed by atoms with Gasteiger partial charge < -0.3 is 28.4 Å². The van der Waals surface area contributed by atoms with Crippen LogP contribution in [-0.4, -0.2) is 62.8 Å². The molecule has 4 aromatic carbocycles. The van der Waals surface area contributed by atoms with Crippen molar-refractivity contribution < 1.29 is 47.6 Å². The van der Waals surface area contributed by atoms with Crippen LogP contribution in [0.25, 0.3) is 0 Å². The molecular weight excluding hydrogens is 777 g/mol. The fourth-order valence-corrected chi connectivity index (χ4v) is 6.00. The van der Waals surface area contributed by atoms with Gasteiger partial charge >= 0.3 is 24.1 Å². The molecule has 0 aliphatic rings. The van der Waals surface area contributed by atoms with Gasteiger partial charge in [0.05, 0.1) is 0 Å². The number of esters is 2. The van der Waals surface area contributed by atoms with Crippen LogP contribution in [0.2, 0.25) is 0 Å². The summed E-state index contributed by atoms with van der Waals surface area (Å²) >= 11 is 0. The fourth-order valence-electron chi connectivity index (χ4n) is 6.00. The van der Waals surface area contributed by atoms with Crippen molar-refractivity contribution in [3.8, 4) is 11.5 Å². The molecule has 4 rings (SSSR count). The van der Waals surface area contributed by atoms with Gasteiger partial charge in [0, 0.05) is 23.5 Å². The van der Waals surface area contributed by atoms with Gasteiger partial charge in [-0.1, -0.05) is 113 Å². The van der Waals surface area contributed by atoms with E-state index in [2.05, 4.69) is 30.7 Å². The number of unbranched alkanes of at least 4 members (excludes halogenated alkanes) is 6. The number of ether oxygens (including phenoxy) is 6. The van der Waals surface area contributed by atoms with E-state index in [4.69, 9.17) is 28.4 Å². The molecule has 0 heterocycles. The highest BCUT2D eigenvalue weighted by Gasteiger charge is 2.20. The predicted octanol–water partition coefficient (Wildman–Crippen LogP) is 10.3. The molecule has 2 amide bonds. The third-order valence-corrected chi connectivity index (χ3v) is 9.40. The van der Waals surface area contributed by atoms with Crippen molar-refractivity contribution >= 4 is 35.5 Å². The third-order valence-electron chi connectivity index (χ3n) is 9.40. The normalized spacial score (nSPS) is 11.6. The first-order valence-electron chi connectivity index (χ1n) is 20.7. The number of carbonyl (C=O) groups is 4. The number of carbonyl (C=O) groups excluding carboxylic acids is 4. The minimum atomic E-state index is -0.878. The van der Waals surface area contributed by atoms with Crippen LogP contribution in [0.1, 0.15) is 74.1 Å². The molecule has 0 aromatic heterocycles. The Morgan fingerprint density at radius 3 is 1.39 bits per heavy atom. The van der Waals surface area contributed by atoms with Crippen molar-refractivity contribution in [3.05, 3.63) is 145 Å². The van der Waals surface area contributed by atoms with E-state index in [-0.39, 0.29) is 26.4 Å². The first-order chi connectivity index (χ1) is 29.6. The molecule has 2 unspecified atom stereocenters. The lowest BCUT2D eigenvalue weighted by molar-refractivity contribution is -0.141. The maximum atomic E-state index is 12.9. The van der Waals surface area contributed by atoms with Gasteiger partial charge in [0.25, 0.3) is 0 Å². The second-order valence-corrected chi connectivity index (χ2v) is 14.5. The number of hydrogen-bond donors (Lipinski definition) is 2. The van der Waals surface area contributed by atoms with Gasteiger partial charge in [-0.05, 0) is 91.4 Å². The molecule has 4 aromatic rings. The molecule has 324 valence electrons. The van der Waals surface area contributed by atoms with Gasteiger partial charge in [0.1, 0.15) is 37.9 Å². The van der Waals surface area contributed by atoms with E-state index in [9.17, 15) is 19.2 Å². The predicted molar refractivity (Wildman–Crippen MR) is 236 cm³/mol. The lowest BCUT2D eigenvalue weighted by Gasteiger charge is -2.19. The Kier molecular flexibility index (Phi) is 20.5. The van der Waals surface area contributed by atoms with Crippen LogP contribution in [0.5, 0.6) is 11.5 Å². The number of rotatable bonds is 26. The Morgan fingerprint density at radius 1 is 0.541 bits per heavy atom. The van der Waals surface area contributed by atoms with Crippen LogP contribution >= 0.6 is 0 Å². The molecule has 0 aliphatic heterocycles. The summed E-state index contributed by atoms with van der Waals surface area (Å²) in [4.78, 5) is 49.0. The molecule has 12 nitrogen and oxygen atoms in total. The van der Waals surface area contributed by atoms with E-state index in [0.29, 0.717) is 29.3 Å². The smallest absolute Gasteiger partial charge is 0.412 e. The highest BCUT2D eigenvalue weighted by atomic mass is 16.6. The van der Waals surface area contributed by atoms with Crippen LogP contribution in [0.15, 0.2) is 122 Å². The molecule has 61 heavy (non-hydrogen) atoms. The SMILES string of the molecule is C=CC(=O)OCC(COc1ccc(C)cc1)OC(=O)Nc1ccc(Cc2ccc(NC(=O)OC(COC(=O)C=C)COc3ccc(CCCCCCCCC)cc3)cc2)cc1. The Bertz CT molecular complexity index is 1960. The molecule has 0 aliphatic carbocycles. The highest BCUT2D eigenvalue weighted by Crippen LogP contribution is 2.19. The molecule has 0 spiro atoms. The molecule has 0 fully saturated rings. The Hall–Kier alpha value is -6.56. The number of hydrogen-bond acceptors (Lipinski definition) is 10. The number of amides is 2. The molecule has 0 saturated carbocycles. The summed E-state index contributed by atoms with van der Waals surface area (Å²) < 4.78 is 33.0. The summed E-state index contributed by atoms with van der Waals surface area (Å²) in [6, 6.07) is 29.7. The minimum absolute atomic E-state index is 0.0272. The number of aryl methyl sites for hydroxylation is 2. The van der Waals surface area contributed by atoms with Crippen molar-refractivity contribution in [1.29, 1.82) is 0 Å². The zero-order chi connectivity index (χ0) is 43.7. The summed E-state index contributed by atoms with van der Waals surface area (Å²) in [5, 5.41) is 5.41. The van der Waals surface area contributed by atoms with Crippen molar-refractivity contribution in [2.24, 2.45) is 0 Å². The summed E-state index contributed by atoms with van der Waals surface area (Å²) in [7, 11) is 0. The second kappa shape index (κ2) is 26.5. The summed E-state index contributed by atoms with van der Waals surface area (Å²) in [5.74, 6) is -0.0806. The Morgan fingerprint density at radius 2 is 0.951 bits per heavy atom. The van der Waals surface area contributed by atoms with E-state index in [0.717, 1.165) is 41.7 Å². The zero-order valence-corrected chi connectivity index (χ0v) is 35.2. The largest absolute Gasteiger partial charge is 0.490 e. The van der Waals surface area contributed by atoms with E-state index in [1.807, 2.05) is 67.6 Å². The monoisotopic (exact) mass is 834 g/mol.